The number of aromatic amines is 2. The molecular weight excluding hydrogens is 324 g/mol. The first-order chi connectivity index (χ1) is 12.8. The number of amides is 1. The molecule has 0 aliphatic heterocycles. The molecule has 2 heterocycles. The van der Waals surface area contributed by atoms with Crippen LogP contribution in [0.1, 0.15) is 27.0 Å². The van der Waals surface area contributed by atoms with Crippen molar-refractivity contribution in [3.05, 3.63) is 77.0 Å². The third kappa shape index (κ3) is 2.32. The second-order valence-corrected chi connectivity index (χ2v) is 6.65. The molecule has 1 amide bonds. The highest BCUT2D eigenvalue weighted by atomic mass is 16.1. The zero-order valence-corrected chi connectivity index (χ0v) is 14.2. The molecule has 5 nitrogen and oxygen atoms in total. The van der Waals surface area contributed by atoms with E-state index >= 15 is 0 Å². The van der Waals surface area contributed by atoms with Crippen molar-refractivity contribution in [3.63, 3.8) is 0 Å². The molecule has 0 radical (unpaired) electrons. The number of H-pyrrole nitrogens is 2. The van der Waals surface area contributed by atoms with Crippen LogP contribution in [0.4, 0.5) is 0 Å². The van der Waals surface area contributed by atoms with Crippen molar-refractivity contribution in [3.8, 4) is 11.4 Å². The molecule has 0 fully saturated rings. The van der Waals surface area contributed by atoms with E-state index in [2.05, 4.69) is 20.5 Å². The minimum absolute atomic E-state index is 0.0448. The Labute approximate surface area is 150 Å². The fourth-order valence-corrected chi connectivity index (χ4v) is 3.82. The van der Waals surface area contributed by atoms with Gasteiger partial charge in [0.05, 0.1) is 17.6 Å². The van der Waals surface area contributed by atoms with E-state index in [1.807, 2.05) is 54.7 Å². The summed E-state index contributed by atoms with van der Waals surface area (Å²) in [6.07, 6.45) is 3.73. The molecule has 3 N–H and O–H groups in total. The molecule has 2 aromatic carbocycles. The summed E-state index contributed by atoms with van der Waals surface area (Å²) in [6, 6.07) is 15.8. The number of fused-ring (bicyclic) bond motifs is 5. The molecule has 0 spiro atoms. The lowest BCUT2D eigenvalue weighted by molar-refractivity contribution is 0.0952. The highest BCUT2D eigenvalue weighted by Gasteiger charge is 2.24. The minimum atomic E-state index is -0.0448. The SMILES string of the molecule is O=C(NCc1ccccc1)c1cccc2[nH]c3c(c12)CCc1cn[nH]c1-3. The Bertz CT molecular complexity index is 1110. The number of carbonyl (C=O) groups excluding carboxylic acids is 1. The number of hydrogen-bond acceptors (Lipinski definition) is 2. The fourth-order valence-electron chi connectivity index (χ4n) is 3.82. The van der Waals surface area contributed by atoms with Gasteiger partial charge in [-0.05, 0) is 41.7 Å². The van der Waals surface area contributed by atoms with Gasteiger partial charge in [-0.2, -0.15) is 5.10 Å². The summed E-state index contributed by atoms with van der Waals surface area (Å²) in [5.74, 6) is -0.0448. The third-order valence-electron chi connectivity index (χ3n) is 5.08. The quantitative estimate of drug-likeness (QED) is 0.532. The first kappa shape index (κ1) is 15.0. The van der Waals surface area contributed by atoms with Gasteiger partial charge in [0.15, 0.2) is 0 Å². The monoisotopic (exact) mass is 342 g/mol. The van der Waals surface area contributed by atoms with E-state index < -0.39 is 0 Å². The lowest BCUT2D eigenvalue weighted by Gasteiger charge is -2.13. The minimum Gasteiger partial charge on any atom is -0.353 e. The van der Waals surface area contributed by atoms with Gasteiger partial charge < -0.3 is 10.3 Å². The Morgan fingerprint density at radius 1 is 1.04 bits per heavy atom. The van der Waals surface area contributed by atoms with Crippen molar-refractivity contribution >= 4 is 16.8 Å². The summed E-state index contributed by atoms with van der Waals surface area (Å²) in [4.78, 5) is 16.3. The summed E-state index contributed by atoms with van der Waals surface area (Å²) in [7, 11) is 0. The van der Waals surface area contributed by atoms with Gasteiger partial charge in [0, 0.05) is 23.0 Å². The fraction of sp³-hybridized carbons (Fsp3) is 0.143. The van der Waals surface area contributed by atoms with E-state index in [1.165, 1.54) is 11.1 Å². The predicted octanol–water partition coefficient (Wildman–Crippen LogP) is 3.59. The van der Waals surface area contributed by atoms with Gasteiger partial charge in [-0.3, -0.25) is 9.89 Å². The number of aromatic nitrogens is 3. The number of nitrogens with one attached hydrogen (secondary N) is 3. The van der Waals surface area contributed by atoms with Crippen molar-refractivity contribution in [1.29, 1.82) is 0 Å². The molecule has 5 heteroatoms. The Kier molecular flexibility index (Phi) is 3.38. The topological polar surface area (TPSA) is 73.6 Å². The van der Waals surface area contributed by atoms with Crippen molar-refractivity contribution in [2.24, 2.45) is 0 Å². The number of nitrogens with zero attached hydrogens (tertiary/aromatic N) is 1. The normalized spacial score (nSPS) is 12.6. The van der Waals surface area contributed by atoms with Crippen LogP contribution in [0.15, 0.2) is 54.7 Å². The summed E-state index contributed by atoms with van der Waals surface area (Å²) in [6.45, 7) is 0.521. The summed E-state index contributed by atoms with van der Waals surface area (Å²) < 4.78 is 0. The maximum Gasteiger partial charge on any atom is 0.252 e. The number of benzene rings is 2. The van der Waals surface area contributed by atoms with Gasteiger partial charge in [-0.15, -0.1) is 0 Å². The van der Waals surface area contributed by atoms with Crippen LogP contribution < -0.4 is 5.32 Å². The van der Waals surface area contributed by atoms with Crippen molar-refractivity contribution in [2.75, 3.05) is 0 Å². The maximum absolute atomic E-state index is 12.9. The molecule has 4 aromatic rings. The average Bonchev–Trinajstić information content (AvgIpc) is 3.30. The second kappa shape index (κ2) is 5.88. The maximum atomic E-state index is 12.9. The van der Waals surface area contributed by atoms with Gasteiger partial charge in [-0.25, -0.2) is 0 Å². The zero-order valence-electron chi connectivity index (χ0n) is 14.2. The van der Waals surface area contributed by atoms with Gasteiger partial charge in [0.1, 0.15) is 0 Å². The molecule has 1 aliphatic rings. The third-order valence-corrected chi connectivity index (χ3v) is 5.08. The van der Waals surface area contributed by atoms with Gasteiger partial charge in [0.2, 0.25) is 0 Å². The first-order valence-corrected chi connectivity index (χ1v) is 8.79. The summed E-state index contributed by atoms with van der Waals surface area (Å²) in [5.41, 5.74) is 7.32. The first-order valence-electron chi connectivity index (χ1n) is 8.79. The standard InChI is InChI=1S/C21H18N4O/c26-21(22-11-13-5-2-1-3-6-13)16-7-4-8-17-18(16)15-10-9-14-12-23-25-19(14)20(15)24-17/h1-8,12,24H,9-11H2,(H,22,26)(H,23,25). The highest BCUT2D eigenvalue weighted by molar-refractivity contribution is 6.09. The predicted molar refractivity (Wildman–Crippen MR) is 101 cm³/mol. The lowest BCUT2D eigenvalue weighted by Crippen LogP contribution is -2.23. The number of aryl methyl sites for hydroxylation is 2. The molecule has 0 saturated carbocycles. The molecule has 1 aliphatic carbocycles. The lowest BCUT2D eigenvalue weighted by atomic mass is 9.92. The molecule has 0 unspecified atom stereocenters. The summed E-state index contributed by atoms with van der Waals surface area (Å²) >= 11 is 0. The number of hydrogen-bond donors (Lipinski definition) is 3. The molecule has 26 heavy (non-hydrogen) atoms. The van der Waals surface area contributed by atoms with E-state index in [9.17, 15) is 4.79 Å². The highest BCUT2D eigenvalue weighted by Crippen LogP contribution is 2.37. The molecule has 0 bridgehead atoms. The van der Waals surface area contributed by atoms with Crippen LogP contribution in [0.2, 0.25) is 0 Å². The molecule has 5 rings (SSSR count). The smallest absolute Gasteiger partial charge is 0.252 e. The Morgan fingerprint density at radius 2 is 1.92 bits per heavy atom. The van der Waals surface area contributed by atoms with Gasteiger partial charge >= 0.3 is 0 Å². The van der Waals surface area contributed by atoms with Crippen molar-refractivity contribution in [2.45, 2.75) is 19.4 Å². The van der Waals surface area contributed by atoms with E-state index in [0.29, 0.717) is 6.54 Å². The van der Waals surface area contributed by atoms with Crippen LogP contribution in [-0.2, 0) is 19.4 Å². The number of rotatable bonds is 3. The Balaban J connectivity index is 1.54. The van der Waals surface area contributed by atoms with Crippen LogP contribution in [0.5, 0.6) is 0 Å². The second-order valence-electron chi connectivity index (χ2n) is 6.65. The number of carbonyl (C=O) groups is 1. The summed E-state index contributed by atoms with van der Waals surface area (Å²) in [5, 5.41) is 11.3. The molecule has 0 atom stereocenters. The molecule has 128 valence electrons. The van der Waals surface area contributed by atoms with Crippen LogP contribution in [-0.4, -0.2) is 21.1 Å². The van der Waals surface area contributed by atoms with Crippen LogP contribution in [0.25, 0.3) is 22.3 Å². The van der Waals surface area contributed by atoms with Crippen molar-refractivity contribution < 1.29 is 4.79 Å². The average molecular weight is 342 g/mol. The van der Waals surface area contributed by atoms with Crippen LogP contribution in [0, 0.1) is 0 Å². The van der Waals surface area contributed by atoms with Crippen LogP contribution in [0.3, 0.4) is 0 Å². The van der Waals surface area contributed by atoms with E-state index in [-0.39, 0.29) is 5.91 Å². The molecular formula is C21H18N4O. The zero-order chi connectivity index (χ0) is 17.5. The molecule has 0 saturated heterocycles. The van der Waals surface area contributed by atoms with E-state index in [0.717, 1.165) is 46.3 Å². The van der Waals surface area contributed by atoms with Gasteiger partial charge in [-0.1, -0.05) is 36.4 Å². The van der Waals surface area contributed by atoms with Crippen LogP contribution >= 0.6 is 0 Å². The van der Waals surface area contributed by atoms with Crippen molar-refractivity contribution in [1.82, 2.24) is 20.5 Å². The Hall–Kier alpha value is -3.34. The molecule has 2 aromatic heterocycles. The van der Waals surface area contributed by atoms with Gasteiger partial charge in [0.25, 0.3) is 5.91 Å². The van der Waals surface area contributed by atoms with E-state index in [1.54, 1.807) is 0 Å². The van der Waals surface area contributed by atoms with E-state index in [4.69, 9.17) is 0 Å². The largest absolute Gasteiger partial charge is 0.353 e. The Morgan fingerprint density at radius 3 is 2.81 bits per heavy atom.